The molecule has 0 aliphatic carbocycles. The van der Waals surface area contributed by atoms with Gasteiger partial charge in [0.25, 0.3) is 0 Å². The molecule has 0 atom stereocenters. The van der Waals surface area contributed by atoms with Crippen LogP contribution in [0.3, 0.4) is 0 Å². The molecule has 0 aromatic heterocycles. The Kier molecular flexibility index (Phi) is 3.62. The molecule has 0 bridgehead atoms. The molecule has 0 nitrogen and oxygen atoms in total. The summed E-state index contributed by atoms with van der Waals surface area (Å²) >= 11 is 5.73. The van der Waals surface area contributed by atoms with Gasteiger partial charge in [-0.25, -0.2) is 0 Å². The van der Waals surface area contributed by atoms with Gasteiger partial charge < -0.3 is 0 Å². The zero-order valence-electron chi connectivity index (χ0n) is 7.00. The fourth-order valence-corrected chi connectivity index (χ4v) is 0.978. The Bertz CT molecular complexity index is 280. The zero-order chi connectivity index (χ0) is 8.81. The second-order valence-electron chi connectivity index (χ2n) is 2.44. The molecule has 0 saturated heterocycles. The van der Waals surface area contributed by atoms with Crippen molar-refractivity contribution in [3.8, 4) is 0 Å². The average Bonchev–Trinajstić information content (AvgIpc) is 2.09. The predicted octanol–water partition coefficient (Wildman–Crippen LogP) is 3.93. The van der Waals surface area contributed by atoms with Crippen LogP contribution in [-0.4, -0.2) is 0 Å². The van der Waals surface area contributed by atoms with Crippen molar-refractivity contribution >= 4 is 17.7 Å². The molecule has 0 radical (unpaired) electrons. The minimum absolute atomic E-state index is 0.776. The minimum Gasteiger partial charge on any atom is -0.0877 e. The van der Waals surface area contributed by atoms with Crippen molar-refractivity contribution in [1.82, 2.24) is 0 Å². The lowest BCUT2D eigenvalue weighted by molar-refractivity contribution is 1.65. The van der Waals surface area contributed by atoms with Crippen molar-refractivity contribution in [3.05, 3.63) is 53.1 Å². The summed E-state index contributed by atoms with van der Waals surface area (Å²) < 4.78 is 0. The SMILES string of the molecule is CC=CC=Cc1ccc(Cl)cc1. The average molecular weight is 179 g/mol. The summed E-state index contributed by atoms with van der Waals surface area (Å²) in [7, 11) is 0. The van der Waals surface area contributed by atoms with Gasteiger partial charge in [0, 0.05) is 5.02 Å². The molecule has 1 aromatic rings. The van der Waals surface area contributed by atoms with Crippen LogP contribution in [0.5, 0.6) is 0 Å². The highest BCUT2D eigenvalue weighted by Gasteiger charge is 1.85. The first-order chi connectivity index (χ1) is 5.83. The van der Waals surface area contributed by atoms with Gasteiger partial charge in [0.15, 0.2) is 0 Å². The van der Waals surface area contributed by atoms with E-state index in [-0.39, 0.29) is 0 Å². The van der Waals surface area contributed by atoms with Gasteiger partial charge in [-0.1, -0.05) is 48.0 Å². The molecule has 0 heterocycles. The van der Waals surface area contributed by atoms with E-state index in [9.17, 15) is 0 Å². The largest absolute Gasteiger partial charge is 0.0877 e. The monoisotopic (exact) mass is 178 g/mol. The van der Waals surface area contributed by atoms with E-state index >= 15 is 0 Å². The van der Waals surface area contributed by atoms with E-state index in [2.05, 4.69) is 0 Å². The maximum Gasteiger partial charge on any atom is 0.0406 e. The van der Waals surface area contributed by atoms with Crippen LogP contribution in [-0.2, 0) is 0 Å². The Hall–Kier alpha value is -1.01. The highest BCUT2D eigenvalue weighted by Crippen LogP contribution is 2.10. The van der Waals surface area contributed by atoms with Gasteiger partial charge in [0.05, 0.1) is 0 Å². The smallest absolute Gasteiger partial charge is 0.0406 e. The second kappa shape index (κ2) is 4.78. The van der Waals surface area contributed by atoms with Gasteiger partial charge in [-0.2, -0.15) is 0 Å². The molecule has 0 saturated carbocycles. The molecule has 0 aliphatic heterocycles. The summed E-state index contributed by atoms with van der Waals surface area (Å²) in [6.45, 7) is 1.99. The van der Waals surface area contributed by atoms with Crippen LogP contribution in [0.25, 0.3) is 6.08 Å². The number of hydrogen-bond donors (Lipinski definition) is 0. The molecule has 62 valence electrons. The molecule has 0 spiro atoms. The lowest BCUT2D eigenvalue weighted by Crippen LogP contribution is -1.68. The molecular formula is C11H11Cl. The van der Waals surface area contributed by atoms with Crippen LogP contribution >= 0.6 is 11.6 Å². The highest BCUT2D eigenvalue weighted by molar-refractivity contribution is 6.30. The summed E-state index contributed by atoms with van der Waals surface area (Å²) in [6.07, 6.45) is 8.03. The predicted molar refractivity (Wildman–Crippen MR) is 55.3 cm³/mol. The fraction of sp³-hybridized carbons (Fsp3) is 0.0909. The Balaban J connectivity index is 2.70. The van der Waals surface area contributed by atoms with Gasteiger partial charge in [0.1, 0.15) is 0 Å². The summed E-state index contributed by atoms with van der Waals surface area (Å²) in [5.74, 6) is 0. The Morgan fingerprint density at radius 2 is 1.75 bits per heavy atom. The van der Waals surface area contributed by atoms with Crippen molar-refractivity contribution < 1.29 is 0 Å². The summed E-state index contributed by atoms with van der Waals surface area (Å²) in [5, 5.41) is 0.776. The van der Waals surface area contributed by atoms with Crippen LogP contribution < -0.4 is 0 Å². The van der Waals surface area contributed by atoms with Crippen molar-refractivity contribution in [2.24, 2.45) is 0 Å². The maximum absolute atomic E-state index is 5.73. The van der Waals surface area contributed by atoms with Crippen LogP contribution in [0, 0.1) is 0 Å². The van der Waals surface area contributed by atoms with Crippen LogP contribution in [0.4, 0.5) is 0 Å². The van der Waals surface area contributed by atoms with Crippen molar-refractivity contribution in [2.45, 2.75) is 6.92 Å². The van der Waals surface area contributed by atoms with Gasteiger partial charge in [-0.3, -0.25) is 0 Å². The van der Waals surface area contributed by atoms with Gasteiger partial charge >= 0.3 is 0 Å². The highest BCUT2D eigenvalue weighted by atomic mass is 35.5. The topological polar surface area (TPSA) is 0 Å². The number of benzene rings is 1. The molecule has 1 rings (SSSR count). The maximum atomic E-state index is 5.73. The first-order valence-corrected chi connectivity index (χ1v) is 4.25. The molecule has 0 N–H and O–H groups in total. The number of halogens is 1. The molecular weight excluding hydrogens is 168 g/mol. The first-order valence-electron chi connectivity index (χ1n) is 3.88. The van der Waals surface area contributed by atoms with E-state index in [1.54, 1.807) is 0 Å². The van der Waals surface area contributed by atoms with E-state index in [1.807, 2.05) is 55.5 Å². The fourth-order valence-electron chi connectivity index (χ4n) is 0.852. The molecule has 1 heteroatoms. The van der Waals surface area contributed by atoms with Gasteiger partial charge in [-0.05, 0) is 24.6 Å². The van der Waals surface area contributed by atoms with E-state index in [0.29, 0.717) is 0 Å². The molecule has 0 aliphatic rings. The summed E-state index contributed by atoms with van der Waals surface area (Å²) in [6, 6.07) is 7.75. The Labute approximate surface area is 78.2 Å². The summed E-state index contributed by atoms with van der Waals surface area (Å²) in [4.78, 5) is 0. The Morgan fingerprint density at radius 3 is 2.33 bits per heavy atom. The lowest BCUT2D eigenvalue weighted by Gasteiger charge is -1.91. The zero-order valence-corrected chi connectivity index (χ0v) is 7.75. The van der Waals surface area contributed by atoms with Crippen LogP contribution in [0.2, 0.25) is 5.02 Å². The normalized spacial score (nSPS) is 11.5. The molecule has 1 aromatic carbocycles. The lowest BCUT2D eigenvalue weighted by atomic mass is 10.2. The third-order valence-corrected chi connectivity index (χ3v) is 1.71. The van der Waals surface area contributed by atoms with Crippen molar-refractivity contribution in [1.29, 1.82) is 0 Å². The van der Waals surface area contributed by atoms with E-state index < -0.39 is 0 Å². The molecule has 12 heavy (non-hydrogen) atoms. The van der Waals surface area contributed by atoms with Crippen LogP contribution in [0.1, 0.15) is 12.5 Å². The second-order valence-corrected chi connectivity index (χ2v) is 2.87. The van der Waals surface area contributed by atoms with E-state index in [4.69, 9.17) is 11.6 Å². The van der Waals surface area contributed by atoms with Crippen molar-refractivity contribution in [3.63, 3.8) is 0 Å². The molecule has 0 unspecified atom stereocenters. The van der Waals surface area contributed by atoms with Crippen molar-refractivity contribution in [2.75, 3.05) is 0 Å². The minimum atomic E-state index is 0.776. The quantitative estimate of drug-likeness (QED) is 0.602. The Morgan fingerprint density at radius 1 is 1.08 bits per heavy atom. The number of allylic oxidation sites excluding steroid dienone is 3. The van der Waals surface area contributed by atoms with E-state index in [0.717, 1.165) is 10.6 Å². The third-order valence-electron chi connectivity index (χ3n) is 1.46. The standard InChI is InChI=1S/C11H11Cl/c1-2-3-4-5-10-6-8-11(12)9-7-10/h2-9H,1H3. The third kappa shape index (κ3) is 2.93. The van der Waals surface area contributed by atoms with Gasteiger partial charge in [0.2, 0.25) is 0 Å². The number of hydrogen-bond acceptors (Lipinski definition) is 0. The molecule has 0 amide bonds. The first kappa shape index (κ1) is 9.08. The van der Waals surface area contributed by atoms with E-state index in [1.165, 1.54) is 0 Å². The van der Waals surface area contributed by atoms with Gasteiger partial charge in [-0.15, -0.1) is 0 Å². The number of rotatable bonds is 2. The summed E-state index contributed by atoms with van der Waals surface area (Å²) in [5.41, 5.74) is 1.16. The van der Waals surface area contributed by atoms with Crippen LogP contribution in [0.15, 0.2) is 42.5 Å². The molecule has 0 fully saturated rings.